The molecule has 0 radical (unpaired) electrons. The highest BCUT2D eigenvalue weighted by Gasteiger charge is 2.10. The zero-order valence-corrected chi connectivity index (χ0v) is 6.95. The van der Waals surface area contributed by atoms with Crippen molar-refractivity contribution < 1.29 is 14.8 Å². The van der Waals surface area contributed by atoms with Crippen LogP contribution in [0, 0.1) is 10.1 Å². The molecule has 0 aliphatic heterocycles. The molecule has 1 aromatic heterocycles. The van der Waals surface area contributed by atoms with Gasteiger partial charge in [-0.2, -0.15) is 0 Å². The summed E-state index contributed by atoms with van der Waals surface area (Å²) in [7, 11) is 0. The largest absolute Gasteiger partial charge is 0.478 e. The number of nitro groups is 1. The van der Waals surface area contributed by atoms with Crippen molar-refractivity contribution in [3.63, 3.8) is 0 Å². The quantitative estimate of drug-likeness (QED) is 0.441. The Balaban J connectivity index is 3.07. The van der Waals surface area contributed by atoms with Crippen molar-refractivity contribution in [2.45, 2.75) is 0 Å². The second-order valence-corrected chi connectivity index (χ2v) is 2.34. The molecule has 0 atom stereocenters. The number of aliphatic carboxylic acids is 1. The minimum atomic E-state index is -1.18. The van der Waals surface area contributed by atoms with E-state index in [1.807, 2.05) is 0 Å². The Morgan fingerprint density at radius 1 is 1.64 bits per heavy atom. The highest BCUT2D eigenvalue weighted by Crippen LogP contribution is 2.15. The first kappa shape index (κ1) is 9.85. The van der Waals surface area contributed by atoms with Gasteiger partial charge in [-0.3, -0.25) is 10.1 Å². The third-order valence-corrected chi connectivity index (χ3v) is 1.40. The Bertz CT molecular complexity index is 400. The number of hydrogen-bond acceptors (Lipinski definition) is 4. The van der Waals surface area contributed by atoms with Crippen LogP contribution in [-0.2, 0) is 4.79 Å². The molecule has 0 fully saturated rings. The van der Waals surface area contributed by atoms with Crippen LogP contribution in [0.5, 0.6) is 0 Å². The fraction of sp³-hybridized carbons (Fsp3) is 0. The smallest absolute Gasteiger partial charge is 0.328 e. The Labute approximate surface area is 78.7 Å². The normalized spacial score (nSPS) is 10.3. The standard InChI is InChI=1S/C8H6N2O4/c11-8(12)4-3-6-7(10(13)14)2-1-5-9-6/h1-5H,(H,11,12). The Hall–Kier alpha value is -2.24. The van der Waals surface area contributed by atoms with Crippen LogP contribution in [-0.4, -0.2) is 21.0 Å². The molecule has 72 valence electrons. The van der Waals surface area contributed by atoms with E-state index in [9.17, 15) is 14.9 Å². The lowest BCUT2D eigenvalue weighted by Crippen LogP contribution is -1.94. The van der Waals surface area contributed by atoms with E-state index in [1.54, 1.807) is 0 Å². The highest BCUT2D eigenvalue weighted by molar-refractivity contribution is 5.85. The van der Waals surface area contributed by atoms with Crippen LogP contribution in [0.2, 0.25) is 0 Å². The molecule has 6 heteroatoms. The van der Waals surface area contributed by atoms with Crippen LogP contribution < -0.4 is 0 Å². The monoisotopic (exact) mass is 194 g/mol. The van der Waals surface area contributed by atoms with E-state index in [0.717, 1.165) is 12.2 Å². The van der Waals surface area contributed by atoms with Crippen LogP contribution >= 0.6 is 0 Å². The van der Waals surface area contributed by atoms with Crippen LogP contribution in [0.25, 0.3) is 6.08 Å². The second-order valence-electron chi connectivity index (χ2n) is 2.34. The molecule has 0 aliphatic rings. The molecule has 14 heavy (non-hydrogen) atoms. The molecule has 1 heterocycles. The summed E-state index contributed by atoms with van der Waals surface area (Å²) >= 11 is 0. The van der Waals surface area contributed by atoms with Gasteiger partial charge in [0, 0.05) is 18.3 Å². The first-order chi connectivity index (χ1) is 6.61. The number of aromatic nitrogens is 1. The number of rotatable bonds is 3. The van der Waals surface area contributed by atoms with Crippen LogP contribution in [0.1, 0.15) is 5.69 Å². The predicted molar refractivity (Wildman–Crippen MR) is 47.6 cm³/mol. The molecule has 0 saturated heterocycles. The van der Waals surface area contributed by atoms with Gasteiger partial charge in [0.2, 0.25) is 0 Å². The van der Waals surface area contributed by atoms with E-state index in [2.05, 4.69) is 4.98 Å². The fourth-order valence-corrected chi connectivity index (χ4v) is 0.842. The van der Waals surface area contributed by atoms with Gasteiger partial charge in [-0.15, -0.1) is 0 Å². The third-order valence-electron chi connectivity index (χ3n) is 1.40. The van der Waals surface area contributed by atoms with Crippen LogP contribution in [0.3, 0.4) is 0 Å². The summed E-state index contributed by atoms with van der Waals surface area (Å²) in [5.41, 5.74) is -0.190. The molecule has 0 bridgehead atoms. The summed E-state index contributed by atoms with van der Waals surface area (Å²) in [6.07, 6.45) is 3.24. The lowest BCUT2D eigenvalue weighted by molar-refractivity contribution is -0.385. The van der Waals surface area contributed by atoms with E-state index in [1.165, 1.54) is 18.3 Å². The Morgan fingerprint density at radius 2 is 2.36 bits per heavy atom. The summed E-state index contributed by atoms with van der Waals surface area (Å²) in [6, 6.07) is 2.67. The zero-order chi connectivity index (χ0) is 10.6. The van der Waals surface area contributed by atoms with Gasteiger partial charge in [-0.25, -0.2) is 9.78 Å². The van der Waals surface area contributed by atoms with Gasteiger partial charge in [0.25, 0.3) is 5.69 Å². The second kappa shape index (κ2) is 4.13. The van der Waals surface area contributed by atoms with Crippen molar-refractivity contribution in [2.24, 2.45) is 0 Å². The van der Waals surface area contributed by atoms with Gasteiger partial charge in [0.1, 0.15) is 5.69 Å². The molecule has 6 nitrogen and oxygen atoms in total. The first-order valence-corrected chi connectivity index (χ1v) is 3.61. The van der Waals surface area contributed by atoms with Gasteiger partial charge >= 0.3 is 5.97 Å². The molecule has 0 unspecified atom stereocenters. The topological polar surface area (TPSA) is 93.3 Å². The molecular formula is C8H6N2O4. The average Bonchev–Trinajstić information content (AvgIpc) is 2.15. The van der Waals surface area contributed by atoms with E-state index in [-0.39, 0.29) is 11.4 Å². The third kappa shape index (κ3) is 2.37. The van der Waals surface area contributed by atoms with Gasteiger partial charge < -0.3 is 5.11 Å². The summed E-state index contributed by atoms with van der Waals surface area (Å²) in [5.74, 6) is -1.18. The molecule has 1 rings (SSSR count). The Morgan fingerprint density at radius 3 is 2.93 bits per heavy atom. The minimum absolute atomic E-state index is 0.0277. The number of pyridine rings is 1. The zero-order valence-electron chi connectivity index (χ0n) is 6.95. The predicted octanol–water partition coefficient (Wildman–Crippen LogP) is 1.09. The Kier molecular flexibility index (Phi) is 2.90. The van der Waals surface area contributed by atoms with Crippen LogP contribution in [0.4, 0.5) is 5.69 Å². The molecule has 1 aromatic rings. The molecule has 0 amide bonds. The number of hydrogen-bond donors (Lipinski definition) is 1. The summed E-state index contributed by atoms with van der Waals surface area (Å²) in [6.45, 7) is 0. The lowest BCUT2D eigenvalue weighted by atomic mass is 10.3. The van der Waals surface area contributed by atoms with Crippen molar-refractivity contribution in [3.05, 3.63) is 40.2 Å². The van der Waals surface area contributed by atoms with E-state index in [0.29, 0.717) is 0 Å². The number of carbonyl (C=O) groups is 1. The number of carboxylic acid groups (broad SMARTS) is 1. The van der Waals surface area contributed by atoms with Crippen molar-refractivity contribution in [3.8, 4) is 0 Å². The van der Waals surface area contributed by atoms with Crippen molar-refractivity contribution in [2.75, 3.05) is 0 Å². The van der Waals surface area contributed by atoms with Crippen molar-refractivity contribution in [1.29, 1.82) is 0 Å². The van der Waals surface area contributed by atoms with Crippen molar-refractivity contribution >= 4 is 17.7 Å². The summed E-state index contributed by atoms with van der Waals surface area (Å²) in [5, 5.41) is 18.8. The number of nitrogens with zero attached hydrogens (tertiary/aromatic N) is 2. The maximum atomic E-state index is 10.5. The minimum Gasteiger partial charge on any atom is -0.478 e. The summed E-state index contributed by atoms with van der Waals surface area (Å²) in [4.78, 5) is 23.7. The summed E-state index contributed by atoms with van der Waals surface area (Å²) < 4.78 is 0. The molecule has 0 aromatic carbocycles. The molecular weight excluding hydrogens is 188 g/mol. The maximum absolute atomic E-state index is 10.5. The molecule has 0 spiro atoms. The van der Waals surface area contributed by atoms with E-state index in [4.69, 9.17) is 5.11 Å². The fourth-order valence-electron chi connectivity index (χ4n) is 0.842. The van der Waals surface area contributed by atoms with Gasteiger partial charge in [-0.1, -0.05) is 0 Å². The van der Waals surface area contributed by atoms with Gasteiger partial charge in [-0.05, 0) is 12.1 Å². The highest BCUT2D eigenvalue weighted by atomic mass is 16.6. The van der Waals surface area contributed by atoms with Crippen LogP contribution in [0.15, 0.2) is 24.4 Å². The van der Waals surface area contributed by atoms with Crippen molar-refractivity contribution in [1.82, 2.24) is 4.98 Å². The van der Waals surface area contributed by atoms with Gasteiger partial charge in [0.05, 0.1) is 4.92 Å². The van der Waals surface area contributed by atoms with Gasteiger partial charge in [0.15, 0.2) is 0 Å². The SMILES string of the molecule is O=C(O)C=Cc1ncccc1[N+](=O)[O-]. The molecule has 1 N–H and O–H groups in total. The van der Waals surface area contributed by atoms with E-state index >= 15 is 0 Å². The maximum Gasteiger partial charge on any atom is 0.328 e. The number of carboxylic acids is 1. The lowest BCUT2D eigenvalue weighted by Gasteiger charge is -1.93. The van der Waals surface area contributed by atoms with E-state index < -0.39 is 10.9 Å². The first-order valence-electron chi connectivity index (χ1n) is 3.61. The molecule has 0 saturated carbocycles. The molecule has 0 aliphatic carbocycles. The average molecular weight is 194 g/mol.